The van der Waals surface area contributed by atoms with Crippen molar-refractivity contribution in [1.29, 1.82) is 0 Å². The van der Waals surface area contributed by atoms with E-state index in [0.29, 0.717) is 26.9 Å². The highest BCUT2D eigenvalue weighted by Crippen LogP contribution is 2.36. The van der Waals surface area contributed by atoms with Gasteiger partial charge >= 0.3 is 5.97 Å². The molecule has 3 aromatic carbocycles. The van der Waals surface area contributed by atoms with Gasteiger partial charge in [-0.05, 0) is 23.8 Å². The lowest BCUT2D eigenvalue weighted by molar-refractivity contribution is -0.139. The number of aromatic nitrogens is 3. The van der Waals surface area contributed by atoms with Crippen molar-refractivity contribution >= 4 is 40.7 Å². The van der Waals surface area contributed by atoms with E-state index in [1.807, 2.05) is 30.3 Å². The first-order valence-corrected chi connectivity index (χ1v) is 11.7. The second kappa shape index (κ2) is 9.81. The molecule has 178 valence electrons. The van der Waals surface area contributed by atoms with Crippen molar-refractivity contribution in [3.8, 4) is 22.4 Å². The number of carboxylic acid groups (broad SMARTS) is 1. The molecule has 36 heavy (non-hydrogen) atoms. The number of aliphatic carboxylic acids is 1. The number of hydrogen-bond acceptors (Lipinski definition) is 4. The van der Waals surface area contributed by atoms with E-state index in [9.17, 15) is 14.7 Å². The highest BCUT2D eigenvalue weighted by Gasteiger charge is 2.26. The van der Waals surface area contributed by atoms with Crippen LogP contribution in [0.15, 0.2) is 91.3 Å². The summed E-state index contributed by atoms with van der Waals surface area (Å²) in [6.45, 7) is 0. The van der Waals surface area contributed by atoms with Crippen molar-refractivity contribution in [2.75, 3.05) is 0 Å². The maximum atomic E-state index is 13.2. The van der Waals surface area contributed by atoms with E-state index in [-0.39, 0.29) is 11.2 Å². The molecule has 0 fully saturated rings. The average Bonchev–Trinajstić information content (AvgIpc) is 3.32. The van der Waals surface area contributed by atoms with Gasteiger partial charge in [0.25, 0.3) is 5.91 Å². The van der Waals surface area contributed by atoms with Crippen LogP contribution in [0.4, 0.5) is 0 Å². The van der Waals surface area contributed by atoms with Crippen LogP contribution in [0.1, 0.15) is 22.0 Å². The summed E-state index contributed by atoms with van der Waals surface area (Å²) < 4.78 is 1.55. The number of halogens is 2. The molecule has 1 amide bonds. The Kier molecular flexibility index (Phi) is 6.41. The van der Waals surface area contributed by atoms with Crippen molar-refractivity contribution in [1.82, 2.24) is 19.9 Å². The van der Waals surface area contributed by atoms with E-state index in [1.54, 1.807) is 59.2 Å². The lowest BCUT2D eigenvalue weighted by Crippen LogP contribution is -2.33. The molecule has 1 unspecified atom stereocenters. The number of hydrogen-bond donors (Lipinski definition) is 2. The molecular formula is C27H18Cl2N4O3. The number of nitrogens with one attached hydrogen (secondary N) is 1. The first-order valence-electron chi connectivity index (χ1n) is 10.9. The molecule has 5 aromatic rings. The third-order valence-electron chi connectivity index (χ3n) is 5.71. The van der Waals surface area contributed by atoms with E-state index >= 15 is 0 Å². The third-order valence-corrected chi connectivity index (χ3v) is 6.29. The smallest absolute Gasteiger partial charge is 0.330 e. The molecule has 1 atom stereocenters. The van der Waals surface area contributed by atoms with Crippen molar-refractivity contribution in [2.45, 2.75) is 6.04 Å². The van der Waals surface area contributed by atoms with Gasteiger partial charge in [-0.3, -0.25) is 4.79 Å². The largest absolute Gasteiger partial charge is 0.479 e. The summed E-state index contributed by atoms with van der Waals surface area (Å²) >= 11 is 12.6. The lowest BCUT2D eigenvalue weighted by atomic mass is 10.0. The van der Waals surface area contributed by atoms with Crippen LogP contribution >= 0.6 is 23.2 Å². The van der Waals surface area contributed by atoms with Crippen LogP contribution in [-0.4, -0.2) is 31.6 Å². The Labute approximate surface area is 215 Å². The van der Waals surface area contributed by atoms with E-state index in [4.69, 9.17) is 23.2 Å². The van der Waals surface area contributed by atoms with E-state index in [1.165, 1.54) is 6.20 Å². The van der Waals surface area contributed by atoms with Gasteiger partial charge in [0, 0.05) is 32.9 Å². The van der Waals surface area contributed by atoms with Gasteiger partial charge in [0.1, 0.15) is 5.56 Å². The second-order valence-corrected chi connectivity index (χ2v) is 8.80. The quantitative estimate of drug-likeness (QED) is 0.291. The highest BCUT2D eigenvalue weighted by atomic mass is 35.5. The molecule has 9 heteroatoms. The van der Waals surface area contributed by atoms with Crippen molar-refractivity contribution in [3.63, 3.8) is 0 Å². The summed E-state index contributed by atoms with van der Waals surface area (Å²) in [5, 5.41) is 17.9. The lowest BCUT2D eigenvalue weighted by Gasteiger charge is -2.15. The fourth-order valence-electron chi connectivity index (χ4n) is 4.00. The number of carboxylic acids is 1. The number of fused-ring (bicyclic) bond motifs is 1. The first kappa shape index (κ1) is 23.5. The Morgan fingerprint density at radius 2 is 1.56 bits per heavy atom. The zero-order valence-corrected chi connectivity index (χ0v) is 20.1. The molecule has 0 saturated heterocycles. The normalized spacial score (nSPS) is 11.8. The van der Waals surface area contributed by atoms with Gasteiger partial charge in [-0.15, -0.1) is 0 Å². The van der Waals surface area contributed by atoms with Crippen LogP contribution in [0.2, 0.25) is 10.0 Å². The molecule has 7 nitrogen and oxygen atoms in total. The monoisotopic (exact) mass is 516 g/mol. The average molecular weight is 517 g/mol. The SMILES string of the molecule is O=C(NC(C(=O)O)c1ccccc1)c1cnn2c(-c3ccc(Cl)cc3)c(-c3ccccc3Cl)cnc12. The fraction of sp³-hybridized carbons (Fsp3) is 0.0370. The fourth-order valence-corrected chi connectivity index (χ4v) is 4.36. The Balaban J connectivity index is 1.63. The minimum absolute atomic E-state index is 0.137. The molecule has 0 aliphatic heterocycles. The second-order valence-electron chi connectivity index (χ2n) is 7.96. The van der Waals surface area contributed by atoms with Crippen molar-refractivity contribution < 1.29 is 14.7 Å². The maximum absolute atomic E-state index is 13.2. The van der Waals surface area contributed by atoms with Crippen LogP contribution in [0.3, 0.4) is 0 Å². The van der Waals surface area contributed by atoms with Crippen molar-refractivity contribution in [2.24, 2.45) is 0 Å². The molecule has 0 aliphatic carbocycles. The topological polar surface area (TPSA) is 96.6 Å². The summed E-state index contributed by atoms with van der Waals surface area (Å²) in [6.07, 6.45) is 3.00. The summed E-state index contributed by atoms with van der Waals surface area (Å²) in [7, 11) is 0. The summed E-state index contributed by atoms with van der Waals surface area (Å²) in [6, 6.07) is 21.8. The van der Waals surface area contributed by atoms with E-state index in [2.05, 4.69) is 15.4 Å². The molecule has 2 heterocycles. The standard InChI is InChI=1S/C27H18Cl2N4O3/c28-18-12-10-17(11-13-18)24-20(19-8-4-5-9-22(19)29)14-30-25-21(15-31-33(24)25)26(34)32-23(27(35)36)16-6-2-1-3-7-16/h1-15,23H,(H,32,34)(H,35,36). The van der Waals surface area contributed by atoms with Gasteiger partial charge in [-0.25, -0.2) is 14.3 Å². The number of carbonyl (C=O) groups is 2. The molecule has 0 radical (unpaired) electrons. The predicted molar refractivity (Wildman–Crippen MR) is 138 cm³/mol. The maximum Gasteiger partial charge on any atom is 0.330 e. The van der Waals surface area contributed by atoms with Gasteiger partial charge < -0.3 is 10.4 Å². The van der Waals surface area contributed by atoms with Gasteiger partial charge in [-0.1, -0.05) is 83.9 Å². The Morgan fingerprint density at radius 3 is 2.25 bits per heavy atom. The minimum Gasteiger partial charge on any atom is -0.479 e. The molecular weight excluding hydrogens is 499 g/mol. The van der Waals surface area contributed by atoms with Crippen LogP contribution in [0, 0.1) is 0 Å². The Morgan fingerprint density at radius 1 is 0.861 bits per heavy atom. The molecule has 0 saturated carbocycles. The summed E-state index contributed by atoms with van der Waals surface area (Å²) in [5.41, 5.74) is 3.74. The number of benzene rings is 3. The Hall–Kier alpha value is -4.20. The van der Waals surface area contributed by atoms with E-state index < -0.39 is 17.9 Å². The third kappa shape index (κ3) is 4.42. The molecule has 5 rings (SSSR count). The number of rotatable bonds is 6. The van der Waals surface area contributed by atoms with Gasteiger partial charge in [-0.2, -0.15) is 5.10 Å². The van der Waals surface area contributed by atoms with Gasteiger partial charge in [0.2, 0.25) is 0 Å². The van der Waals surface area contributed by atoms with Gasteiger partial charge in [0.15, 0.2) is 11.7 Å². The molecule has 0 spiro atoms. The molecule has 2 aromatic heterocycles. The summed E-state index contributed by atoms with van der Waals surface area (Å²) in [5.74, 6) is -1.79. The number of carbonyl (C=O) groups excluding carboxylic acids is 1. The van der Waals surface area contributed by atoms with Crippen LogP contribution in [-0.2, 0) is 4.79 Å². The first-order chi connectivity index (χ1) is 17.4. The molecule has 2 N–H and O–H groups in total. The molecule has 0 aliphatic rings. The number of nitrogens with zero attached hydrogens (tertiary/aromatic N) is 3. The van der Waals surface area contributed by atoms with Crippen LogP contribution < -0.4 is 5.32 Å². The Bertz CT molecular complexity index is 1580. The van der Waals surface area contributed by atoms with Gasteiger partial charge in [0.05, 0.1) is 11.9 Å². The molecule has 0 bridgehead atoms. The van der Waals surface area contributed by atoms with Crippen molar-refractivity contribution in [3.05, 3.63) is 112 Å². The summed E-state index contributed by atoms with van der Waals surface area (Å²) in [4.78, 5) is 29.6. The van der Waals surface area contributed by atoms with Crippen LogP contribution in [0.5, 0.6) is 0 Å². The van der Waals surface area contributed by atoms with E-state index in [0.717, 1.165) is 11.1 Å². The number of amides is 1. The highest BCUT2D eigenvalue weighted by molar-refractivity contribution is 6.33. The minimum atomic E-state index is -1.23. The zero-order chi connectivity index (χ0) is 25.2. The van der Waals surface area contributed by atoms with Crippen LogP contribution in [0.25, 0.3) is 28.0 Å². The predicted octanol–water partition coefficient (Wildman–Crippen LogP) is 5.93. The zero-order valence-electron chi connectivity index (χ0n) is 18.6.